The van der Waals surface area contributed by atoms with Crippen molar-refractivity contribution in [2.45, 2.75) is 171 Å². The minimum atomic E-state index is -1.50. The monoisotopic (exact) mass is 770 g/mol. The molecule has 8 aliphatic rings. The summed E-state index contributed by atoms with van der Waals surface area (Å²) in [6.45, 7) is 10.3. The maximum atomic E-state index is 12.1. The Kier molecular flexibility index (Phi) is 10.5. The molecule has 5 aliphatic carbocycles. The van der Waals surface area contributed by atoms with E-state index < -0.39 is 73.8 Å². The van der Waals surface area contributed by atoms with Crippen LogP contribution in [0.15, 0.2) is 0 Å². The molecule has 14 nitrogen and oxygen atoms in total. The van der Waals surface area contributed by atoms with E-state index in [1.165, 1.54) is 0 Å². The van der Waals surface area contributed by atoms with E-state index in [4.69, 9.17) is 28.4 Å². The highest BCUT2D eigenvalue weighted by atomic mass is 16.7. The van der Waals surface area contributed by atoms with Crippen LogP contribution in [0.3, 0.4) is 0 Å². The van der Waals surface area contributed by atoms with Crippen molar-refractivity contribution in [1.29, 1.82) is 0 Å². The zero-order valence-electron chi connectivity index (χ0n) is 32.6. The summed E-state index contributed by atoms with van der Waals surface area (Å²) < 4.78 is 37.1. The van der Waals surface area contributed by atoms with Crippen LogP contribution in [0.2, 0.25) is 0 Å². The third kappa shape index (κ3) is 5.71. The lowest BCUT2D eigenvalue weighted by Crippen LogP contribution is -2.62. The van der Waals surface area contributed by atoms with Crippen LogP contribution in [0.25, 0.3) is 0 Å². The molecule has 3 saturated heterocycles. The molecule has 0 unspecified atom stereocenters. The molecule has 14 heteroatoms. The number of fused-ring (bicyclic) bond motifs is 6. The second-order valence-electron chi connectivity index (χ2n) is 19.4. The maximum absolute atomic E-state index is 12.1. The number of hydrogen-bond donors (Lipinski definition) is 8. The third-order valence-electron chi connectivity index (χ3n) is 17.1. The summed E-state index contributed by atoms with van der Waals surface area (Å²) in [5, 5.41) is 84.0. The standard InChI is InChI=1S/C40H66O14/c1-17(16-50-35-33(46)32(45)30(43)25(15-41)52-35)7-10-40(48)18(2)28-24(54-40)13-23-21-12-27(49-6)39-14-20(39)11-26(38(39,5)22(21)8-9-37(23,28)4)53-36-34(47)31(44)29(42)19(3)51-36/h17-36,41-48H,7-16H2,1-6H3/t17-,18-,19+,20+,21+,22-,23-,24-,25+,26+,27+,28-,29-,30+,31-,32-,33+,34+,35+,36-,37-,38-,39-,40+/m0/s1. The lowest BCUT2D eigenvalue weighted by atomic mass is 9.44. The summed E-state index contributed by atoms with van der Waals surface area (Å²) in [7, 11) is 1.84. The largest absolute Gasteiger partial charge is 0.394 e. The van der Waals surface area contributed by atoms with Gasteiger partial charge in [-0.05, 0) is 92.8 Å². The number of ether oxygens (including phenoxy) is 6. The van der Waals surface area contributed by atoms with E-state index in [0.29, 0.717) is 36.5 Å². The minimum absolute atomic E-state index is 0.00752. The van der Waals surface area contributed by atoms with Crippen molar-refractivity contribution in [2.75, 3.05) is 20.3 Å². The van der Waals surface area contributed by atoms with Gasteiger partial charge in [0.1, 0.15) is 42.7 Å². The molecule has 8 fully saturated rings. The van der Waals surface area contributed by atoms with Gasteiger partial charge in [-0.1, -0.05) is 27.7 Å². The highest BCUT2D eigenvalue weighted by molar-refractivity contribution is 5.29. The van der Waals surface area contributed by atoms with Crippen LogP contribution in [0, 0.1) is 57.7 Å². The van der Waals surface area contributed by atoms with Gasteiger partial charge in [-0.2, -0.15) is 0 Å². The Labute approximate surface area is 318 Å². The number of aliphatic hydroxyl groups excluding tert-OH is 7. The van der Waals surface area contributed by atoms with Crippen molar-refractivity contribution in [3.8, 4) is 0 Å². The summed E-state index contributed by atoms with van der Waals surface area (Å²) in [5.41, 5.74) is -0.274. The molecule has 8 N–H and O–H groups in total. The highest BCUT2D eigenvalue weighted by Crippen LogP contribution is 2.83. The quantitative estimate of drug-likeness (QED) is 0.153. The van der Waals surface area contributed by atoms with Crippen LogP contribution in [0.4, 0.5) is 0 Å². The van der Waals surface area contributed by atoms with Crippen molar-refractivity contribution in [3.05, 3.63) is 0 Å². The van der Waals surface area contributed by atoms with E-state index in [2.05, 4.69) is 20.8 Å². The number of aliphatic hydroxyl groups is 8. The van der Waals surface area contributed by atoms with Crippen LogP contribution >= 0.6 is 0 Å². The molecule has 0 bridgehead atoms. The average Bonchev–Trinajstić information content (AvgIpc) is 3.59. The molecule has 5 saturated carbocycles. The average molecular weight is 771 g/mol. The summed E-state index contributed by atoms with van der Waals surface area (Å²) in [6.07, 6.45) is -5.53. The predicted octanol–water partition coefficient (Wildman–Crippen LogP) is 0.659. The lowest BCUT2D eigenvalue weighted by molar-refractivity contribution is -0.321. The molecule has 3 aliphatic heterocycles. The van der Waals surface area contributed by atoms with Gasteiger partial charge in [0.15, 0.2) is 18.4 Å². The van der Waals surface area contributed by atoms with Crippen LogP contribution in [0.5, 0.6) is 0 Å². The van der Waals surface area contributed by atoms with Gasteiger partial charge in [0.05, 0.1) is 37.6 Å². The van der Waals surface area contributed by atoms with E-state index in [-0.39, 0.29) is 58.9 Å². The fourth-order valence-electron chi connectivity index (χ4n) is 14.0. The first-order chi connectivity index (χ1) is 25.5. The summed E-state index contributed by atoms with van der Waals surface area (Å²) in [4.78, 5) is 0. The SMILES string of the molecule is CO[C@@H]1C[C@H]2[C@@H]3C[C@@H]4O[C@](O)(CC[C@H](C)CO[C@@H]5O[C@H](CO)[C@@H](O)[C@H](O)[C@H]5O)[C@@H](C)[C@@H]4[C@@]3(C)CC[C@@H]2[C@@]2(C)[C@H](O[C@@H]3O[C@H](C)[C@H](O)[C@H](O)[C@H]3O)C[C@@H]3C[C@]312. The van der Waals surface area contributed by atoms with Crippen molar-refractivity contribution < 1.29 is 69.3 Å². The van der Waals surface area contributed by atoms with E-state index in [1.54, 1.807) is 6.92 Å². The molecule has 0 aromatic carbocycles. The topological polar surface area (TPSA) is 217 Å². The van der Waals surface area contributed by atoms with Crippen LogP contribution in [0.1, 0.15) is 86.0 Å². The number of methoxy groups -OCH3 is 1. The number of hydrogen-bond acceptors (Lipinski definition) is 14. The van der Waals surface area contributed by atoms with Gasteiger partial charge < -0.3 is 69.3 Å². The zero-order valence-corrected chi connectivity index (χ0v) is 32.6. The zero-order chi connectivity index (χ0) is 38.9. The van der Waals surface area contributed by atoms with E-state index in [0.717, 1.165) is 38.5 Å². The summed E-state index contributed by atoms with van der Waals surface area (Å²) in [5.74, 6) is 0.329. The van der Waals surface area contributed by atoms with Gasteiger partial charge in [-0.15, -0.1) is 0 Å². The minimum Gasteiger partial charge on any atom is -0.394 e. The van der Waals surface area contributed by atoms with Crippen LogP contribution < -0.4 is 0 Å². The number of rotatable bonds is 10. The summed E-state index contributed by atoms with van der Waals surface area (Å²) >= 11 is 0. The first-order valence-corrected chi connectivity index (χ1v) is 20.7. The normalized spacial score (nSPS) is 59.6. The molecule has 54 heavy (non-hydrogen) atoms. The molecule has 24 atom stereocenters. The second kappa shape index (κ2) is 14.0. The fourth-order valence-corrected chi connectivity index (χ4v) is 14.0. The Balaban J connectivity index is 0.940. The van der Waals surface area contributed by atoms with Gasteiger partial charge >= 0.3 is 0 Å². The molecule has 8 rings (SSSR count). The predicted molar refractivity (Wildman–Crippen MR) is 189 cm³/mol. The molecular weight excluding hydrogens is 704 g/mol. The second-order valence-corrected chi connectivity index (χ2v) is 19.4. The van der Waals surface area contributed by atoms with E-state index in [1.807, 2.05) is 14.0 Å². The van der Waals surface area contributed by atoms with Crippen molar-refractivity contribution in [1.82, 2.24) is 0 Å². The Morgan fingerprint density at radius 3 is 2.24 bits per heavy atom. The smallest absolute Gasteiger partial charge is 0.186 e. The van der Waals surface area contributed by atoms with E-state index >= 15 is 0 Å². The van der Waals surface area contributed by atoms with Gasteiger partial charge in [0.2, 0.25) is 0 Å². The molecule has 0 amide bonds. The van der Waals surface area contributed by atoms with Crippen molar-refractivity contribution in [2.24, 2.45) is 57.7 Å². The Bertz CT molecular complexity index is 1370. The van der Waals surface area contributed by atoms with Gasteiger partial charge in [-0.25, -0.2) is 0 Å². The van der Waals surface area contributed by atoms with Crippen molar-refractivity contribution >= 4 is 0 Å². The van der Waals surface area contributed by atoms with E-state index in [9.17, 15) is 40.9 Å². The lowest BCUT2D eigenvalue weighted by Gasteiger charge is -2.62. The highest BCUT2D eigenvalue weighted by Gasteiger charge is 2.82. The Morgan fingerprint density at radius 1 is 0.833 bits per heavy atom. The maximum Gasteiger partial charge on any atom is 0.186 e. The van der Waals surface area contributed by atoms with Gasteiger partial charge in [0, 0.05) is 30.3 Å². The first kappa shape index (κ1) is 40.2. The molecule has 3 heterocycles. The Morgan fingerprint density at radius 2 is 1.54 bits per heavy atom. The fraction of sp³-hybridized carbons (Fsp3) is 1.00. The Hall–Kier alpha value is -0.560. The first-order valence-electron chi connectivity index (χ1n) is 20.7. The molecule has 1 spiro atoms. The van der Waals surface area contributed by atoms with Crippen molar-refractivity contribution in [3.63, 3.8) is 0 Å². The van der Waals surface area contributed by atoms with Crippen LogP contribution in [-0.2, 0) is 28.4 Å². The third-order valence-corrected chi connectivity index (χ3v) is 17.1. The van der Waals surface area contributed by atoms with Gasteiger partial charge in [-0.3, -0.25) is 0 Å². The molecule has 0 radical (unpaired) electrons. The summed E-state index contributed by atoms with van der Waals surface area (Å²) in [6, 6.07) is 0. The molecule has 0 aromatic heterocycles. The molecule has 0 aromatic rings. The molecule has 310 valence electrons. The van der Waals surface area contributed by atoms with Gasteiger partial charge in [0.25, 0.3) is 0 Å². The van der Waals surface area contributed by atoms with Crippen LogP contribution in [-0.4, -0.2) is 147 Å². The molecular formula is C40H66O14.